The van der Waals surface area contributed by atoms with Gasteiger partial charge in [-0.05, 0) is 6.42 Å². The van der Waals surface area contributed by atoms with E-state index in [1.54, 1.807) is 4.90 Å². The van der Waals surface area contributed by atoms with Gasteiger partial charge in [0.15, 0.2) is 0 Å². The highest BCUT2D eigenvalue weighted by molar-refractivity contribution is 5.83. The monoisotopic (exact) mass is 128 g/mol. The van der Waals surface area contributed by atoms with Gasteiger partial charge in [0.25, 0.3) is 0 Å². The SMILES string of the molecule is CCC(N)C(=O)N1CC1. The van der Waals surface area contributed by atoms with Crippen molar-refractivity contribution in [1.82, 2.24) is 4.90 Å². The summed E-state index contributed by atoms with van der Waals surface area (Å²) in [6, 6.07) is -0.257. The van der Waals surface area contributed by atoms with Crippen molar-refractivity contribution in [3.05, 3.63) is 0 Å². The van der Waals surface area contributed by atoms with Crippen molar-refractivity contribution in [2.24, 2.45) is 5.73 Å². The number of rotatable bonds is 2. The molecule has 0 saturated carbocycles. The van der Waals surface area contributed by atoms with Gasteiger partial charge < -0.3 is 10.6 Å². The normalized spacial score (nSPS) is 19.6. The molecule has 52 valence electrons. The van der Waals surface area contributed by atoms with Crippen LogP contribution in [0, 0.1) is 0 Å². The number of nitrogens with zero attached hydrogens (tertiary/aromatic N) is 1. The van der Waals surface area contributed by atoms with E-state index in [2.05, 4.69) is 0 Å². The van der Waals surface area contributed by atoms with Gasteiger partial charge in [0, 0.05) is 13.1 Å². The van der Waals surface area contributed by atoms with Crippen LogP contribution in [0.15, 0.2) is 0 Å². The van der Waals surface area contributed by atoms with Gasteiger partial charge in [0.1, 0.15) is 0 Å². The quantitative estimate of drug-likeness (QED) is 0.513. The van der Waals surface area contributed by atoms with Gasteiger partial charge in [0.05, 0.1) is 6.04 Å². The van der Waals surface area contributed by atoms with Gasteiger partial charge >= 0.3 is 0 Å². The Morgan fingerprint density at radius 2 is 2.33 bits per heavy atom. The molecule has 3 nitrogen and oxygen atoms in total. The molecule has 3 heteroatoms. The topological polar surface area (TPSA) is 46.1 Å². The molecule has 9 heavy (non-hydrogen) atoms. The van der Waals surface area contributed by atoms with Gasteiger partial charge in [-0.15, -0.1) is 0 Å². The Bertz CT molecular complexity index is 120. The summed E-state index contributed by atoms with van der Waals surface area (Å²) in [5.74, 6) is 0.109. The van der Waals surface area contributed by atoms with Crippen molar-refractivity contribution >= 4 is 5.91 Å². The van der Waals surface area contributed by atoms with Gasteiger partial charge in [-0.25, -0.2) is 0 Å². The minimum absolute atomic E-state index is 0.109. The first-order valence-corrected chi connectivity index (χ1v) is 3.30. The fraction of sp³-hybridized carbons (Fsp3) is 0.833. The molecule has 1 aliphatic heterocycles. The molecule has 0 bridgehead atoms. The number of amides is 1. The summed E-state index contributed by atoms with van der Waals surface area (Å²) in [6.07, 6.45) is 0.745. The van der Waals surface area contributed by atoms with Crippen molar-refractivity contribution < 1.29 is 4.79 Å². The molecule has 0 spiro atoms. The molecule has 1 unspecified atom stereocenters. The standard InChI is InChI=1S/C6H12N2O/c1-2-5(7)6(9)8-3-4-8/h5H,2-4,7H2,1H3. The molecule has 1 fully saturated rings. The summed E-state index contributed by atoms with van der Waals surface area (Å²) < 4.78 is 0. The lowest BCUT2D eigenvalue weighted by Gasteiger charge is -2.06. The van der Waals surface area contributed by atoms with Crippen LogP contribution in [0.5, 0.6) is 0 Å². The first-order valence-electron chi connectivity index (χ1n) is 3.30. The van der Waals surface area contributed by atoms with Gasteiger partial charge in [-0.1, -0.05) is 6.92 Å². The Labute approximate surface area is 54.8 Å². The second kappa shape index (κ2) is 2.35. The highest BCUT2D eigenvalue weighted by Crippen LogP contribution is 2.06. The summed E-state index contributed by atoms with van der Waals surface area (Å²) in [7, 11) is 0. The molecule has 1 amide bonds. The molecule has 0 aliphatic carbocycles. The largest absolute Gasteiger partial charge is 0.338 e. The molecular weight excluding hydrogens is 116 g/mol. The van der Waals surface area contributed by atoms with Crippen LogP contribution in [-0.2, 0) is 4.79 Å². The molecule has 1 saturated heterocycles. The van der Waals surface area contributed by atoms with Crippen LogP contribution in [0.1, 0.15) is 13.3 Å². The lowest BCUT2D eigenvalue weighted by molar-refractivity contribution is -0.127. The Kier molecular flexibility index (Phi) is 1.71. The molecule has 0 aromatic rings. The van der Waals surface area contributed by atoms with E-state index in [0.29, 0.717) is 0 Å². The van der Waals surface area contributed by atoms with Gasteiger partial charge in [-0.2, -0.15) is 0 Å². The van der Waals surface area contributed by atoms with E-state index in [4.69, 9.17) is 5.73 Å². The number of nitrogens with two attached hydrogens (primary N) is 1. The minimum Gasteiger partial charge on any atom is -0.338 e. The molecule has 1 rings (SSSR count). The fourth-order valence-electron chi connectivity index (χ4n) is 0.680. The Hall–Kier alpha value is -0.570. The van der Waals surface area contributed by atoms with Crippen molar-refractivity contribution in [3.8, 4) is 0 Å². The number of hydrogen-bond acceptors (Lipinski definition) is 2. The molecule has 1 atom stereocenters. The van der Waals surface area contributed by atoms with E-state index in [1.807, 2.05) is 6.92 Å². The molecule has 1 heterocycles. The van der Waals surface area contributed by atoms with Gasteiger partial charge in [-0.3, -0.25) is 4.79 Å². The summed E-state index contributed by atoms with van der Waals surface area (Å²) >= 11 is 0. The third kappa shape index (κ3) is 1.42. The maximum absolute atomic E-state index is 10.9. The maximum atomic E-state index is 10.9. The first kappa shape index (κ1) is 6.55. The number of carbonyl (C=O) groups is 1. The van der Waals surface area contributed by atoms with E-state index in [1.165, 1.54) is 0 Å². The van der Waals surface area contributed by atoms with E-state index in [0.717, 1.165) is 19.5 Å². The minimum atomic E-state index is -0.257. The molecule has 1 aliphatic rings. The number of carbonyl (C=O) groups excluding carboxylic acids is 1. The van der Waals surface area contributed by atoms with E-state index in [-0.39, 0.29) is 11.9 Å². The highest BCUT2D eigenvalue weighted by Gasteiger charge is 2.27. The van der Waals surface area contributed by atoms with Crippen LogP contribution in [0.3, 0.4) is 0 Å². The van der Waals surface area contributed by atoms with E-state index < -0.39 is 0 Å². The highest BCUT2D eigenvalue weighted by atomic mass is 16.2. The summed E-state index contributed by atoms with van der Waals surface area (Å²) in [4.78, 5) is 12.7. The average molecular weight is 128 g/mol. The third-order valence-electron chi connectivity index (χ3n) is 1.52. The van der Waals surface area contributed by atoms with Crippen LogP contribution in [-0.4, -0.2) is 29.9 Å². The maximum Gasteiger partial charge on any atom is 0.239 e. The molecule has 0 aromatic carbocycles. The van der Waals surface area contributed by atoms with E-state index >= 15 is 0 Å². The molecule has 0 aromatic heterocycles. The zero-order valence-corrected chi connectivity index (χ0v) is 5.63. The van der Waals surface area contributed by atoms with Crippen LogP contribution in [0.2, 0.25) is 0 Å². The average Bonchev–Trinajstić information content (AvgIpc) is 2.66. The first-order chi connectivity index (χ1) is 4.25. The third-order valence-corrected chi connectivity index (χ3v) is 1.52. The van der Waals surface area contributed by atoms with Crippen molar-refractivity contribution in [2.75, 3.05) is 13.1 Å². The lowest BCUT2D eigenvalue weighted by atomic mass is 10.2. The van der Waals surface area contributed by atoms with Crippen LogP contribution in [0.4, 0.5) is 0 Å². The van der Waals surface area contributed by atoms with Crippen LogP contribution >= 0.6 is 0 Å². The lowest BCUT2D eigenvalue weighted by Crippen LogP contribution is -2.34. The second-order valence-corrected chi connectivity index (χ2v) is 2.34. The predicted molar refractivity (Wildman–Crippen MR) is 34.8 cm³/mol. The van der Waals surface area contributed by atoms with Crippen molar-refractivity contribution in [2.45, 2.75) is 19.4 Å². The van der Waals surface area contributed by atoms with Crippen LogP contribution in [0.25, 0.3) is 0 Å². The number of hydrogen-bond donors (Lipinski definition) is 1. The molecule has 2 N–H and O–H groups in total. The van der Waals surface area contributed by atoms with E-state index in [9.17, 15) is 4.79 Å². The zero-order chi connectivity index (χ0) is 6.85. The summed E-state index contributed by atoms with van der Waals surface area (Å²) in [5.41, 5.74) is 5.47. The summed E-state index contributed by atoms with van der Waals surface area (Å²) in [6.45, 7) is 3.74. The molecular formula is C6H12N2O. The smallest absolute Gasteiger partial charge is 0.239 e. The molecule has 0 radical (unpaired) electrons. The van der Waals surface area contributed by atoms with Crippen molar-refractivity contribution in [1.29, 1.82) is 0 Å². The Morgan fingerprint density at radius 1 is 1.78 bits per heavy atom. The Morgan fingerprint density at radius 3 is 2.67 bits per heavy atom. The summed E-state index contributed by atoms with van der Waals surface area (Å²) in [5, 5.41) is 0. The Balaban J connectivity index is 2.31. The predicted octanol–water partition coefficient (Wildman–Crippen LogP) is -0.434. The second-order valence-electron chi connectivity index (χ2n) is 2.34. The van der Waals surface area contributed by atoms with Gasteiger partial charge in [0.2, 0.25) is 5.91 Å². The van der Waals surface area contributed by atoms with Crippen LogP contribution < -0.4 is 5.73 Å². The van der Waals surface area contributed by atoms with Crippen molar-refractivity contribution in [3.63, 3.8) is 0 Å². The fourth-order valence-corrected chi connectivity index (χ4v) is 0.680. The zero-order valence-electron chi connectivity index (χ0n) is 5.63.